The summed E-state index contributed by atoms with van der Waals surface area (Å²) in [7, 11) is -3.21. The molecular formula is C10H16ClNO2S2. The molecule has 1 aromatic rings. The molecule has 1 rings (SSSR count). The molecular weight excluding hydrogens is 266 g/mol. The number of hydrogen-bond donors (Lipinski definition) is 1. The number of halogens is 1. The third-order valence-electron chi connectivity index (χ3n) is 2.03. The molecule has 92 valence electrons. The molecule has 1 aromatic heterocycles. The molecule has 16 heavy (non-hydrogen) atoms. The summed E-state index contributed by atoms with van der Waals surface area (Å²) in [5.41, 5.74) is 0. The Morgan fingerprint density at radius 3 is 2.69 bits per heavy atom. The maximum absolute atomic E-state index is 11.6. The first-order valence-electron chi connectivity index (χ1n) is 5.01. The fourth-order valence-electron chi connectivity index (χ4n) is 1.24. The van der Waals surface area contributed by atoms with E-state index in [0.717, 1.165) is 4.88 Å². The standard InChI is InChI=1S/C10H16ClNO2S2/c1-8(5-11)7-16(13,14)12-6-10-4-3-9(2)15-10/h3-4,8,12H,5-7H2,1-2H3. The van der Waals surface area contributed by atoms with Crippen molar-refractivity contribution >= 4 is 33.0 Å². The molecule has 0 saturated carbocycles. The molecule has 0 fully saturated rings. The average molecular weight is 282 g/mol. The van der Waals surface area contributed by atoms with Crippen LogP contribution in [0.15, 0.2) is 12.1 Å². The molecule has 0 aromatic carbocycles. The van der Waals surface area contributed by atoms with Crippen molar-refractivity contribution in [3.63, 3.8) is 0 Å². The van der Waals surface area contributed by atoms with Gasteiger partial charge < -0.3 is 0 Å². The van der Waals surface area contributed by atoms with Gasteiger partial charge in [0.15, 0.2) is 0 Å². The van der Waals surface area contributed by atoms with Gasteiger partial charge in [0.1, 0.15) is 0 Å². The first-order chi connectivity index (χ1) is 7.43. The van der Waals surface area contributed by atoms with Crippen LogP contribution in [0.1, 0.15) is 16.7 Å². The summed E-state index contributed by atoms with van der Waals surface area (Å²) in [6.07, 6.45) is 0. The number of rotatable bonds is 6. The van der Waals surface area contributed by atoms with Crippen molar-refractivity contribution in [2.45, 2.75) is 20.4 Å². The minimum atomic E-state index is -3.21. The number of alkyl halides is 1. The number of thiophene rings is 1. The molecule has 0 radical (unpaired) electrons. The minimum Gasteiger partial charge on any atom is -0.212 e. The maximum atomic E-state index is 11.6. The summed E-state index contributed by atoms with van der Waals surface area (Å²) < 4.78 is 25.8. The van der Waals surface area contributed by atoms with Crippen molar-refractivity contribution in [1.29, 1.82) is 0 Å². The number of hydrogen-bond acceptors (Lipinski definition) is 3. The summed E-state index contributed by atoms with van der Waals surface area (Å²) in [5, 5.41) is 0. The summed E-state index contributed by atoms with van der Waals surface area (Å²) in [6, 6.07) is 3.92. The highest BCUT2D eigenvalue weighted by atomic mass is 35.5. The molecule has 1 N–H and O–H groups in total. The lowest BCUT2D eigenvalue weighted by Gasteiger charge is -2.09. The van der Waals surface area contributed by atoms with Gasteiger partial charge in [-0.3, -0.25) is 0 Å². The van der Waals surface area contributed by atoms with E-state index in [0.29, 0.717) is 12.4 Å². The summed E-state index contributed by atoms with van der Waals surface area (Å²) in [6.45, 7) is 4.19. The molecule has 6 heteroatoms. The van der Waals surface area contributed by atoms with Gasteiger partial charge >= 0.3 is 0 Å². The van der Waals surface area contributed by atoms with Gasteiger partial charge in [-0.25, -0.2) is 13.1 Å². The Balaban J connectivity index is 2.48. The summed E-state index contributed by atoms with van der Waals surface area (Å²) >= 11 is 7.19. The van der Waals surface area contributed by atoms with Crippen molar-refractivity contribution in [3.05, 3.63) is 21.9 Å². The maximum Gasteiger partial charge on any atom is 0.212 e. The Bertz CT molecular complexity index is 428. The molecule has 1 atom stereocenters. The lowest BCUT2D eigenvalue weighted by Crippen LogP contribution is -2.28. The topological polar surface area (TPSA) is 46.2 Å². The number of aryl methyl sites for hydroxylation is 1. The van der Waals surface area contributed by atoms with E-state index in [2.05, 4.69) is 4.72 Å². The first kappa shape index (κ1) is 14.0. The van der Waals surface area contributed by atoms with Crippen molar-refractivity contribution in [1.82, 2.24) is 4.72 Å². The van der Waals surface area contributed by atoms with Crippen LogP contribution < -0.4 is 4.72 Å². The van der Waals surface area contributed by atoms with Crippen LogP contribution in [0, 0.1) is 12.8 Å². The fraction of sp³-hybridized carbons (Fsp3) is 0.600. The quantitative estimate of drug-likeness (QED) is 0.814. The van der Waals surface area contributed by atoms with Crippen molar-refractivity contribution in [2.24, 2.45) is 5.92 Å². The van der Waals surface area contributed by atoms with Gasteiger partial charge in [-0.05, 0) is 25.0 Å². The lowest BCUT2D eigenvalue weighted by atomic mass is 10.3. The van der Waals surface area contributed by atoms with E-state index in [9.17, 15) is 8.42 Å². The summed E-state index contributed by atoms with van der Waals surface area (Å²) in [5.74, 6) is 0.420. The number of nitrogens with one attached hydrogen (secondary N) is 1. The molecule has 1 unspecified atom stereocenters. The van der Waals surface area contributed by atoms with Crippen LogP contribution in [0.3, 0.4) is 0 Å². The fourth-order valence-corrected chi connectivity index (χ4v) is 3.76. The molecule has 0 aliphatic rings. The Hall–Kier alpha value is -0.100. The highest BCUT2D eigenvalue weighted by molar-refractivity contribution is 7.89. The van der Waals surface area contributed by atoms with Gasteiger partial charge in [-0.2, -0.15) is 0 Å². The molecule has 0 saturated heterocycles. The van der Waals surface area contributed by atoms with Gasteiger partial charge in [-0.15, -0.1) is 22.9 Å². The Morgan fingerprint density at radius 1 is 1.50 bits per heavy atom. The van der Waals surface area contributed by atoms with Crippen LogP contribution in [0.2, 0.25) is 0 Å². The average Bonchev–Trinajstić information content (AvgIpc) is 2.61. The Labute approximate surface area is 106 Å². The monoisotopic (exact) mass is 281 g/mol. The van der Waals surface area contributed by atoms with Gasteiger partial charge in [0.05, 0.1) is 5.75 Å². The van der Waals surface area contributed by atoms with E-state index in [1.165, 1.54) is 4.88 Å². The van der Waals surface area contributed by atoms with Crippen molar-refractivity contribution in [3.8, 4) is 0 Å². The van der Waals surface area contributed by atoms with Crippen molar-refractivity contribution < 1.29 is 8.42 Å². The van der Waals surface area contributed by atoms with Crippen LogP contribution >= 0.6 is 22.9 Å². The SMILES string of the molecule is Cc1ccc(CNS(=O)(=O)CC(C)CCl)s1. The van der Waals surface area contributed by atoms with Crippen LogP contribution in [0.5, 0.6) is 0 Å². The molecule has 3 nitrogen and oxygen atoms in total. The molecule has 0 aliphatic carbocycles. The predicted octanol–water partition coefficient (Wildman–Crippen LogP) is 2.35. The van der Waals surface area contributed by atoms with E-state index in [4.69, 9.17) is 11.6 Å². The van der Waals surface area contributed by atoms with Crippen LogP contribution in [-0.4, -0.2) is 20.1 Å². The van der Waals surface area contributed by atoms with Crippen molar-refractivity contribution in [2.75, 3.05) is 11.6 Å². The van der Waals surface area contributed by atoms with E-state index < -0.39 is 10.0 Å². The van der Waals surface area contributed by atoms with E-state index in [1.54, 1.807) is 11.3 Å². The van der Waals surface area contributed by atoms with E-state index >= 15 is 0 Å². The summed E-state index contributed by atoms with van der Waals surface area (Å²) in [4.78, 5) is 2.21. The number of sulfonamides is 1. The third-order valence-corrected chi connectivity index (χ3v) is 5.15. The molecule has 0 bridgehead atoms. The lowest BCUT2D eigenvalue weighted by molar-refractivity contribution is 0.569. The Morgan fingerprint density at radius 2 is 2.19 bits per heavy atom. The van der Waals surface area contributed by atoms with Gasteiger partial charge in [-0.1, -0.05) is 6.92 Å². The van der Waals surface area contributed by atoms with E-state index in [1.807, 2.05) is 26.0 Å². The second-order valence-corrected chi connectivity index (χ2v) is 7.41. The molecule has 1 heterocycles. The highest BCUT2D eigenvalue weighted by Crippen LogP contribution is 2.15. The van der Waals surface area contributed by atoms with Gasteiger partial charge in [0, 0.05) is 22.2 Å². The Kier molecular flexibility index (Phi) is 5.24. The second-order valence-electron chi connectivity index (χ2n) is 3.87. The molecule has 0 aliphatic heterocycles. The predicted molar refractivity (Wildman–Crippen MR) is 69.6 cm³/mol. The zero-order valence-corrected chi connectivity index (χ0v) is 11.8. The van der Waals surface area contributed by atoms with Crippen LogP contribution in [0.4, 0.5) is 0 Å². The van der Waals surface area contributed by atoms with Crippen LogP contribution in [-0.2, 0) is 16.6 Å². The normalized spacial score (nSPS) is 13.9. The molecule has 0 amide bonds. The highest BCUT2D eigenvalue weighted by Gasteiger charge is 2.14. The largest absolute Gasteiger partial charge is 0.212 e. The van der Waals surface area contributed by atoms with E-state index in [-0.39, 0.29) is 11.7 Å². The first-order valence-corrected chi connectivity index (χ1v) is 8.02. The van der Waals surface area contributed by atoms with Gasteiger partial charge in [0.25, 0.3) is 0 Å². The zero-order chi connectivity index (χ0) is 12.2. The smallest absolute Gasteiger partial charge is 0.212 e. The minimum absolute atomic E-state index is 0.0239. The molecule has 0 spiro atoms. The zero-order valence-electron chi connectivity index (χ0n) is 9.36. The van der Waals surface area contributed by atoms with Crippen LogP contribution in [0.25, 0.3) is 0 Å². The van der Waals surface area contributed by atoms with Gasteiger partial charge in [0.2, 0.25) is 10.0 Å². The third kappa shape index (κ3) is 4.82. The second kappa shape index (κ2) is 6.00.